The Morgan fingerprint density at radius 3 is 2.77 bits per heavy atom. The van der Waals surface area contributed by atoms with E-state index in [1.54, 1.807) is 0 Å². The first-order valence-electron chi connectivity index (χ1n) is 4.13. The summed E-state index contributed by atoms with van der Waals surface area (Å²) in [5.74, 6) is 0. The molecule has 1 fully saturated rings. The molecule has 2 N–H and O–H groups in total. The summed E-state index contributed by atoms with van der Waals surface area (Å²) in [5, 5.41) is 9.64. The van der Waals surface area contributed by atoms with Crippen molar-refractivity contribution >= 4 is 6.09 Å². The number of ether oxygens (including phenoxy) is 1. The smallest absolute Gasteiger partial charge is 0.407 e. The first-order chi connectivity index (χ1) is 6.18. The number of carbonyl (C=O) groups excluding carboxylic acids is 1. The molecule has 0 aliphatic carbocycles. The molecule has 0 saturated carbocycles. The summed E-state index contributed by atoms with van der Waals surface area (Å²) >= 11 is 0. The summed E-state index contributed by atoms with van der Waals surface area (Å²) in [6, 6.07) is -0.0498. The third-order valence-electron chi connectivity index (χ3n) is 2.21. The summed E-state index contributed by atoms with van der Waals surface area (Å²) < 4.78 is 4.81. The van der Waals surface area contributed by atoms with Crippen LogP contribution in [0.3, 0.4) is 0 Å². The van der Waals surface area contributed by atoms with Crippen LogP contribution in [0.4, 0.5) is 4.79 Å². The van der Waals surface area contributed by atoms with Gasteiger partial charge in [-0.1, -0.05) is 0 Å². The number of hydrogen-bond acceptors (Lipinski definition) is 3. The summed E-state index contributed by atoms with van der Waals surface area (Å²) in [7, 11) is 0. The van der Waals surface area contributed by atoms with E-state index >= 15 is 0 Å². The highest BCUT2D eigenvalue weighted by Gasteiger charge is 2.27. The average Bonchev–Trinajstić information content (AvgIpc) is 2.60. The molecule has 70 valence electrons. The van der Waals surface area contributed by atoms with E-state index < -0.39 is 0 Å². The third kappa shape index (κ3) is 1.26. The molecular formula is C8H11N3O2. The molecule has 1 aromatic rings. The van der Waals surface area contributed by atoms with Crippen molar-refractivity contribution in [3.63, 3.8) is 0 Å². The van der Waals surface area contributed by atoms with E-state index in [9.17, 15) is 4.79 Å². The molecule has 0 spiro atoms. The number of alkyl carbamates (subject to hydrolysis) is 1. The van der Waals surface area contributed by atoms with Crippen molar-refractivity contribution in [1.29, 1.82) is 0 Å². The van der Waals surface area contributed by atoms with Crippen LogP contribution in [0.15, 0.2) is 0 Å². The molecule has 1 saturated heterocycles. The predicted octanol–water partition coefficient (Wildman–Crippen LogP) is 0.807. The molecule has 1 amide bonds. The van der Waals surface area contributed by atoms with Crippen LogP contribution in [-0.4, -0.2) is 22.9 Å². The lowest BCUT2D eigenvalue weighted by Crippen LogP contribution is -2.19. The van der Waals surface area contributed by atoms with Gasteiger partial charge in [0.1, 0.15) is 6.61 Å². The zero-order chi connectivity index (χ0) is 9.42. The third-order valence-corrected chi connectivity index (χ3v) is 2.21. The van der Waals surface area contributed by atoms with Crippen LogP contribution >= 0.6 is 0 Å². The second kappa shape index (κ2) is 2.76. The maximum absolute atomic E-state index is 10.8. The largest absolute Gasteiger partial charge is 0.447 e. The number of hydrogen-bond donors (Lipinski definition) is 2. The molecule has 2 rings (SSSR count). The Kier molecular flexibility index (Phi) is 1.72. The van der Waals surface area contributed by atoms with Gasteiger partial charge < -0.3 is 10.1 Å². The molecule has 1 aliphatic rings. The molecule has 0 aromatic carbocycles. The van der Waals surface area contributed by atoms with E-state index in [1.807, 2.05) is 13.8 Å². The van der Waals surface area contributed by atoms with E-state index in [2.05, 4.69) is 15.5 Å². The Hall–Kier alpha value is -1.52. The highest BCUT2D eigenvalue weighted by molar-refractivity contribution is 5.70. The molecule has 1 atom stereocenters. The van der Waals surface area contributed by atoms with Crippen molar-refractivity contribution in [2.75, 3.05) is 6.61 Å². The van der Waals surface area contributed by atoms with Crippen molar-refractivity contribution in [3.05, 3.63) is 17.0 Å². The van der Waals surface area contributed by atoms with Gasteiger partial charge in [-0.25, -0.2) is 4.79 Å². The number of nitrogens with one attached hydrogen (secondary N) is 2. The number of aromatic nitrogens is 2. The van der Waals surface area contributed by atoms with Crippen LogP contribution in [0.1, 0.15) is 23.0 Å². The van der Waals surface area contributed by atoms with Crippen molar-refractivity contribution in [2.24, 2.45) is 0 Å². The lowest BCUT2D eigenvalue weighted by atomic mass is 10.1. The highest BCUT2D eigenvalue weighted by Crippen LogP contribution is 2.22. The van der Waals surface area contributed by atoms with Gasteiger partial charge in [0.2, 0.25) is 0 Å². The summed E-state index contributed by atoms with van der Waals surface area (Å²) in [6.07, 6.45) is -0.356. The fourth-order valence-electron chi connectivity index (χ4n) is 1.61. The minimum atomic E-state index is -0.356. The number of cyclic esters (lactones) is 1. The Bertz CT molecular complexity index is 326. The van der Waals surface area contributed by atoms with Crippen LogP contribution in [0.2, 0.25) is 0 Å². The van der Waals surface area contributed by atoms with E-state index in [-0.39, 0.29) is 12.1 Å². The second-order valence-corrected chi connectivity index (χ2v) is 3.14. The Labute approximate surface area is 75.5 Å². The van der Waals surface area contributed by atoms with Gasteiger partial charge >= 0.3 is 6.09 Å². The average molecular weight is 181 g/mol. The van der Waals surface area contributed by atoms with E-state index in [4.69, 9.17) is 4.74 Å². The van der Waals surface area contributed by atoms with Gasteiger partial charge in [-0.3, -0.25) is 5.10 Å². The first-order valence-corrected chi connectivity index (χ1v) is 4.13. The highest BCUT2D eigenvalue weighted by atomic mass is 16.6. The number of rotatable bonds is 1. The predicted molar refractivity (Wildman–Crippen MR) is 45.3 cm³/mol. The van der Waals surface area contributed by atoms with Gasteiger partial charge in [0.15, 0.2) is 0 Å². The topological polar surface area (TPSA) is 67.0 Å². The van der Waals surface area contributed by atoms with Crippen molar-refractivity contribution in [1.82, 2.24) is 15.5 Å². The minimum Gasteiger partial charge on any atom is -0.447 e. The summed E-state index contributed by atoms with van der Waals surface area (Å²) in [5.41, 5.74) is 2.92. The van der Waals surface area contributed by atoms with Gasteiger partial charge in [0, 0.05) is 11.3 Å². The van der Waals surface area contributed by atoms with Gasteiger partial charge in [0.25, 0.3) is 0 Å². The number of aryl methyl sites for hydroxylation is 2. The van der Waals surface area contributed by atoms with E-state index in [0.717, 1.165) is 17.0 Å². The maximum Gasteiger partial charge on any atom is 0.407 e. The fourth-order valence-corrected chi connectivity index (χ4v) is 1.61. The second-order valence-electron chi connectivity index (χ2n) is 3.14. The van der Waals surface area contributed by atoms with Gasteiger partial charge in [-0.05, 0) is 13.8 Å². The van der Waals surface area contributed by atoms with Crippen molar-refractivity contribution in [2.45, 2.75) is 19.9 Å². The first kappa shape index (κ1) is 8.10. The number of H-pyrrole nitrogens is 1. The molecule has 0 radical (unpaired) electrons. The van der Waals surface area contributed by atoms with Gasteiger partial charge in [-0.15, -0.1) is 0 Å². The van der Waals surface area contributed by atoms with Crippen LogP contribution in [0.25, 0.3) is 0 Å². The van der Waals surface area contributed by atoms with Crippen LogP contribution in [0.5, 0.6) is 0 Å². The number of nitrogens with zero attached hydrogens (tertiary/aromatic N) is 1. The Morgan fingerprint density at radius 1 is 1.54 bits per heavy atom. The maximum atomic E-state index is 10.8. The van der Waals surface area contributed by atoms with E-state index in [0.29, 0.717) is 6.61 Å². The zero-order valence-electron chi connectivity index (χ0n) is 7.55. The lowest BCUT2D eigenvalue weighted by Gasteiger charge is -2.06. The molecule has 5 nitrogen and oxygen atoms in total. The zero-order valence-corrected chi connectivity index (χ0v) is 7.55. The molecular weight excluding hydrogens is 170 g/mol. The molecule has 13 heavy (non-hydrogen) atoms. The summed E-state index contributed by atoms with van der Waals surface area (Å²) in [6.45, 7) is 4.23. The van der Waals surface area contributed by atoms with Crippen molar-refractivity contribution in [3.8, 4) is 0 Å². The molecule has 0 bridgehead atoms. The standard InChI is InChI=1S/C8H11N3O2/c1-4-7(5(2)11-10-4)6-3-13-8(12)9-6/h6H,3H2,1-2H3,(H,9,12)(H,10,11). The summed E-state index contributed by atoms with van der Waals surface area (Å²) in [4.78, 5) is 10.8. The van der Waals surface area contributed by atoms with Gasteiger partial charge in [0.05, 0.1) is 11.7 Å². The molecule has 1 unspecified atom stereocenters. The normalized spacial score (nSPS) is 21.4. The number of amides is 1. The van der Waals surface area contributed by atoms with E-state index in [1.165, 1.54) is 0 Å². The Balaban J connectivity index is 2.30. The molecule has 2 heterocycles. The van der Waals surface area contributed by atoms with Crippen LogP contribution in [-0.2, 0) is 4.74 Å². The molecule has 1 aliphatic heterocycles. The SMILES string of the molecule is Cc1n[nH]c(C)c1C1COC(=O)N1. The van der Waals surface area contributed by atoms with Crippen LogP contribution in [0, 0.1) is 13.8 Å². The Morgan fingerprint density at radius 2 is 2.31 bits per heavy atom. The van der Waals surface area contributed by atoms with Crippen molar-refractivity contribution < 1.29 is 9.53 Å². The van der Waals surface area contributed by atoms with Crippen LogP contribution < -0.4 is 5.32 Å². The molecule has 1 aromatic heterocycles. The number of carbonyl (C=O) groups is 1. The minimum absolute atomic E-state index is 0.0498. The van der Waals surface area contributed by atoms with Gasteiger partial charge in [-0.2, -0.15) is 5.10 Å². The number of aromatic amines is 1. The quantitative estimate of drug-likeness (QED) is 0.673. The molecule has 5 heteroatoms. The lowest BCUT2D eigenvalue weighted by molar-refractivity contribution is 0.177. The fraction of sp³-hybridized carbons (Fsp3) is 0.500. The monoisotopic (exact) mass is 181 g/mol.